The molecule has 3 aromatic carbocycles. The second-order valence-corrected chi connectivity index (χ2v) is 9.22. The summed E-state index contributed by atoms with van der Waals surface area (Å²) < 4.78 is 46.7. The van der Waals surface area contributed by atoms with E-state index in [0.717, 1.165) is 11.6 Å². The number of rotatable bonds is 7. The summed E-state index contributed by atoms with van der Waals surface area (Å²) in [7, 11) is 1.55. The number of carbonyl (C=O) groups is 1. The number of ether oxygens (including phenoxy) is 2. The van der Waals surface area contributed by atoms with Crippen molar-refractivity contribution in [3.05, 3.63) is 125 Å². The average Bonchev–Trinajstić information content (AvgIpc) is 3.46. The molecule has 0 saturated heterocycles. The van der Waals surface area contributed by atoms with Crippen molar-refractivity contribution in [2.24, 2.45) is 0 Å². The van der Waals surface area contributed by atoms with Gasteiger partial charge in [0.05, 0.1) is 5.69 Å². The van der Waals surface area contributed by atoms with Crippen LogP contribution in [0.5, 0.6) is 17.2 Å². The highest BCUT2D eigenvalue weighted by Gasteiger charge is 2.18. The molecule has 0 aliphatic carbocycles. The number of furan rings is 1. The first-order chi connectivity index (χ1) is 20.9. The molecule has 0 bridgehead atoms. The standard InChI is InChI=1S/C32H22F2N4O5/c1-35-24-14-16-38(22-10-7-20(33)8-11-22)31(39)30(24)43-32(40)37-21-9-12-26(23(34)17-21)41-27-13-15-36-25-18-28(42-29(25)27)19-5-3-2-4-6-19/h2-18,35H,1H3,(H,37,40). The van der Waals surface area contributed by atoms with Crippen LogP contribution in [0.4, 0.5) is 25.0 Å². The zero-order valence-corrected chi connectivity index (χ0v) is 22.5. The lowest BCUT2D eigenvalue weighted by Gasteiger charge is -2.13. The fraction of sp³-hybridized carbons (Fsp3) is 0.0312. The Morgan fingerprint density at radius 3 is 2.47 bits per heavy atom. The summed E-state index contributed by atoms with van der Waals surface area (Å²) in [6.45, 7) is 0. The summed E-state index contributed by atoms with van der Waals surface area (Å²) in [4.78, 5) is 30.1. The van der Waals surface area contributed by atoms with Gasteiger partial charge in [-0.2, -0.15) is 0 Å². The number of anilines is 2. The molecule has 0 aliphatic heterocycles. The summed E-state index contributed by atoms with van der Waals surface area (Å²) in [5.74, 6) is -0.814. The summed E-state index contributed by atoms with van der Waals surface area (Å²) in [6, 6.07) is 23.3. The predicted molar refractivity (Wildman–Crippen MR) is 157 cm³/mol. The Kier molecular flexibility index (Phi) is 7.27. The van der Waals surface area contributed by atoms with Gasteiger partial charge in [-0.15, -0.1) is 0 Å². The molecule has 214 valence electrons. The van der Waals surface area contributed by atoms with Crippen LogP contribution in [0.1, 0.15) is 0 Å². The quantitative estimate of drug-likeness (QED) is 0.203. The van der Waals surface area contributed by atoms with Crippen molar-refractivity contribution in [1.82, 2.24) is 9.55 Å². The van der Waals surface area contributed by atoms with Crippen LogP contribution in [-0.4, -0.2) is 22.7 Å². The highest BCUT2D eigenvalue weighted by atomic mass is 19.1. The predicted octanol–water partition coefficient (Wildman–Crippen LogP) is 7.37. The van der Waals surface area contributed by atoms with E-state index >= 15 is 4.39 Å². The van der Waals surface area contributed by atoms with Gasteiger partial charge in [0.25, 0.3) is 5.56 Å². The molecule has 0 spiro atoms. The van der Waals surface area contributed by atoms with Gasteiger partial charge in [-0.05, 0) is 42.5 Å². The number of amides is 1. The number of nitrogens with zero attached hydrogens (tertiary/aromatic N) is 2. The van der Waals surface area contributed by atoms with Gasteiger partial charge in [0.2, 0.25) is 5.75 Å². The van der Waals surface area contributed by atoms with E-state index in [4.69, 9.17) is 13.9 Å². The van der Waals surface area contributed by atoms with Crippen LogP contribution in [-0.2, 0) is 0 Å². The third-order valence-electron chi connectivity index (χ3n) is 6.45. The molecule has 0 saturated carbocycles. The van der Waals surface area contributed by atoms with Gasteiger partial charge in [0, 0.05) is 54.6 Å². The lowest BCUT2D eigenvalue weighted by Crippen LogP contribution is -2.26. The first kappa shape index (κ1) is 27.2. The fourth-order valence-corrected chi connectivity index (χ4v) is 4.37. The van der Waals surface area contributed by atoms with Gasteiger partial charge >= 0.3 is 6.09 Å². The Labute approximate surface area is 242 Å². The monoisotopic (exact) mass is 580 g/mol. The van der Waals surface area contributed by atoms with Crippen molar-refractivity contribution in [3.8, 4) is 34.3 Å². The number of halogens is 2. The minimum atomic E-state index is -1.03. The molecule has 0 unspecified atom stereocenters. The van der Waals surface area contributed by atoms with Crippen molar-refractivity contribution in [1.29, 1.82) is 0 Å². The maximum atomic E-state index is 15.1. The van der Waals surface area contributed by atoms with E-state index in [9.17, 15) is 14.0 Å². The Morgan fingerprint density at radius 2 is 1.72 bits per heavy atom. The molecular weight excluding hydrogens is 558 g/mol. The number of fused-ring (bicyclic) bond motifs is 1. The number of aromatic nitrogens is 2. The molecule has 0 aliphatic rings. The molecule has 3 heterocycles. The van der Waals surface area contributed by atoms with Crippen molar-refractivity contribution in [2.75, 3.05) is 17.7 Å². The first-order valence-corrected chi connectivity index (χ1v) is 13.0. The molecule has 43 heavy (non-hydrogen) atoms. The largest absolute Gasteiger partial charge is 0.450 e. The van der Waals surface area contributed by atoms with Gasteiger partial charge in [-0.25, -0.2) is 13.6 Å². The molecule has 6 aromatic rings. The van der Waals surface area contributed by atoms with Crippen molar-refractivity contribution < 1.29 is 27.5 Å². The summed E-state index contributed by atoms with van der Waals surface area (Å²) in [5, 5.41) is 5.20. The number of hydrogen-bond acceptors (Lipinski definition) is 7. The van der Waals surface area contributed by atoms with E-state index in [2.05, 4.69) is 15.6 Å². The Morgan fingerprint density at radius 1 is 0.930 bits per heavy atom. The van der Waals surface area contributed by atoms with Crippen LogP contribution in [0.2, 0.25) is 0 Å². The molecule has 6 rings (SSSR count). The smallest absolute Gasteiger partial charge is 0.417 e. The Bertz CT molecular complexity index is 2010. The zero-order valence-electron chi connectivity index (χ0n) is 22.5. The van der Waals surface area contributed by atoms with Gasteiger partial charge in [-0.3, -0.25) is 19.7 Å². The van der Waals surface area contributed by atoms with E-state index in [1.54, 1.807) is 19.2 Å². The van der Waals surface area contributed by atoms with Crippen LogP contribution in [0.25, 0.3) is 28.1 Å². The van der Waals surface area contributed by atoms with Gasteiger partial charge in [-0.1, -0.05) is 30.3 Å². The third kappa shape index (κ3) is 5.64. The van der Waals surface area contributed by atoms with Gasteiger partial charge in [0.1, 0.15) is 17.1 Å². The summed E-state index contributed by atoms with van der Waals surface area (Å²) in [5.41, 5.74) is 1.74. The average molecular weight is 581 g/mol. The van der Waals surface area contributed by atoms with Crippen LogP contribution in [0.3, 0.4) is 0 Å². The molecule has 1 amide bonds. The Balaban J connectivity index is 1.20. The minimum Gasteiger partial charge on any atom is -0.450 e. The van der Waals surface area contributed by atoms with E-state index in [0.29, 0.717) is 22.5 Å². The van der Waals surface area contributed by atoms with Crippen LogP contribution in [0, 0.1) is 11.6 Å². The highest BCUT2D eigenvalue weighted by molar-refractivity contribution is 5.87. The lowest BCUT2D eigenvalue weighted by atomic mass is 10.2. The van der Waals surface area contributed by atoms with E-state index in [1.165, 1.54) is 59.4 Å². The number of pyridine rings is 2. The van der Waals surface area contributed by atoms with E-state index in [-0.39, 0.29) is 28.6 Å². The topological polar surface area (TPSA) is 108 Å². The summed E-state index contributed by atoms with van der Waals surface area (Å²) in [6.07, 6.45) is 1.96. The second kappa shape index (κ2) is 11.5. The normalized spacial score (nSPS) is 10.9. The maximum absolute atomic E-state index is 15.1. The second-order valence-electron chi connectivity index (χ2n) is 9.22. The maximum Gasteiger partial charge on any atom is 0.417 e. The van der Waals surface area contributed by atoms with Gasteiger partial charge < -0.3 is 19.2 Å². The van der Waals surface area contributed by atoms with Crippen molar-refractivity contribution in [2.45, 2.75) is 0 Å². The molecular formula is C32H22F2N4O5. The lowest BCUT2D eigenvalue weighted by molar-refractivity contribution is 0.214. The number of nitrogens with one attached hydrogen (secondary N) is 2. The molecule has 2 N–H and O–H groups in total. The van der Waals surface area contributed by atoms with E-state index < -0.39 is 23.3 Å². The van der Waals surface area contributed by atoms with Crippen LogP contribution in [0.15, 0.2) is 113 Å². The molecule has 0 radical (unpaired) electrons. The fourth-order valence-electron chi connectivity index (χ4n) is 4.37. The highest BCUT2D eigenvalue weighted by Crippen LogP contribution is 2.35. The number of hydrogen-bond donors (Lipinski definition) is 2. The van der Waals surface area contributed by atoms with Crippen molar-refractivity contribution >= 4 is 28.6 Å². The third-order valence-corrected chi connectivity index (χ3v) is 6.45. The molecule has 11 heteroatoms. The molecule has 3 aromatic heterocycles. The number of carbonyl (C=O) groups excluding carboxylic acids is 1. The molecule has 0 fully saturated rings. The van der Waals surface area contributed by atoms with E-state index in [1.807, 2.05) is 30.3 Å². The first-order valence-electron chi connectivity index (χ1n) is 13.0. The SMILES string of the molecule is CNc1ccn(-c2ccc(F)cc2)c(=O)c1OC(=O)Nc1ccc(Oc2ccnc3cc(-c4ccccc4)oc23)c(F)c1. The van der Waals surface area contributed by atoms with Crippen molar-refractivity contribution in [3.63, 3.8) is 0 Å². The zero-order chi connectivity index (χ0) is 29.9. The number of benzene rings is 3. The summed E-state index contributed by atoms with van der Waals surface area (Å²) >= 11 is 0. The van der Waals surface area contributed by atoms with Crippen LogP contribution < -0.4 is 25.7 Å². The molecule has 0 atom stereocenters. The Hall–Kier alpha value is -5.97. The van der Waals surface area contributed by atoms with Crippen LogP contribution >= 0.6 is 0 Å². The van der Waals surface area contributed by atoms with Gasteiger partial charge in [0.15, 0.2) is 22.9 Å². The molecule has 9 nitrogen and oxygen atoms in total. The minimum absolute atomic E-state index is 0.0555.